The third kappa shape index (κ3) is 22.7. The molecule has 10 heterocycles. The van der Waals surface area contributed by atoms with Crippen molar-refractivity contribution < 1.29 is 69.7 Å². The lowest BCUT2D eigenvalue weighted by atomic mass is 9.91. The molecule has 0 unspecified atom stereocenters. The van der Waals surface area contributed by atoms with Crippen LogP contribution in [0, 0.1) is 83.0 Å². The van der Waals surface area contributed by atoms with Crippen molar-refractivity contribution in [3.05, 3.63) is 274 Å². The predicted octanol–water partition coefficient (Wildman–Crippen LogP) is 24.8. The number of nitriles is 1. The zero-order chi connectivity index (χ0) is 99.6. The van der Waals surface area contributed by atoms with Gasteiger partial charge < -0.3 is 52.7 Å². The Balaban J connectivity index is 0.000000155. The number of piperidine rings is 3. The summed E-state index contributed by atoms with van der Waals surface area (Å²) in [7, 11) is 3.99. The first-order chi connectivity index (χ1) is 64.8. The average molecular weight is 2030 g/mol. The fourth-order valence-electron chi connectivity index (χ4n) is 18.6. The number of likely N-dealkylation sites (tertiary alicyclic amines) is 3. The Morgan fingerprint density at radius 3 is 1.31 bits per heavy atom. The zero-order valence-corrected chi connectivity index (χ0v) is 82.9. The van der Waals surface area contributed by atoms with Gasteiger partial charge in [0.1, 0.15) is 23.0 Å². The van der Waals surface area contributed by atoms with Crippen LogP contribution in [0.5, 0.6) is 0 Å². The number of carbonyl (C=O) groups excluding carboxylic acids is 7. The van der Waals surface area contributed by atoms with Gasteiger partial charge in [0, 0.05) is 176 Å². The number of morpholine rings is 1. The van der Waals surface area contributed by atoms with Gasteiger partial charge in [0.2, 0.25) is 0 Å². The van der Waals surface area contributed by atoms with Crippen LogP contribution in [0.4, 0.5) is 26.3 Å². The molecular formula is C103H99Cl8F6N11O9. The highest BCUT2D eigenvalue weighted by Gasteiger charge is 2.38. The van der Waals surface area contributed by atoms with Gasteiger partial charge in [0.05, 0.1) is 112 Å². The molecule has 137 heavy (non-hydrogen) atoms. The summed E-state index contributed by atoms with van der Waals surface area (Å²) in [6, 6.07) is 29.1. The Kier molecular flexibility index (Phi) is 32.7. The van der Waals surface area contributed by atoms with E-state index in [1.807, 2.05) is 57.1 Å². The number of amides is 4. The first kappa shape index (κ1) is 103. The molecule has 4 saturated heterocycles. The van der Waals surface area contributed by atoms with E-state index in [9.17, 15) is 70.3 Å². The fourth-order valence-corrected chi connectivity index (χ4v) is 21.0. The number of aryl methyl sites for hydroxylation is 8. The van der Waals surface area contributed by atoms with E-state index >= 15 is 0 Å². The topological polar surface area (TPSA) is 231 Å². The molecule has 0 radical (unpaired) electrons. The summed E-state index contributed by atoms with van der Waals surface area (Å²) in [4.78, 5) is 104. The van der Waals surface area contributed by atoms with E-state index < -0.39 is 29.6 Å². The van der Waals surface area contributed by atoms with Gasteiger partial charge in [0.25, 0.3) is 29.5 Å². The highest BCUT2D eigenvalue weighted by atomic mass is 35.5. The number of ketones is 2. The highest BCUT2D eigenvalue weighted by molar-refractivity contribution is 6.42. The molecule has 0 bridgehead atoms. The van der Waals surface area contributed by atoms with Crippen LogP contribution in [0.3, 0.4) is 0 Å². The van der Waals surface area contributed by atoms with E-state index in [2.05, 4.69) is 49.8 Å². The minimum atomic E-state index is -4.64. The molecule has 4 aliphatic heterocycles. The maximum absolute atomic E-state index is 13.6. The third-order valence-corrected chi connectivity index (χ3v) is 29.2. The molecule has 20 nitrogen and oxygen atoms in total. The Hall–Kier alpha value is -10.9. The smallest absolute Gasteiger partial charge is 0.433 e. The Morgan fingerprint density at radius 2 is 0.883 bits per heavy atom. The van der Waals surface area contributed by atoms with Gasteiger partial charge in [-0.2, -0.15) is 31.6 Å². The number of terminal acetylenes is 1. The quantitative estimate of drug-likeness (QED) is 0.0510. The molecule has 16 rings (SSSR count). The summed E-state index contributed by atoms with van der Waals surface area (Å²) in [6.45, 7) is 22.6. The molecule has 4 fully saturated rings. The second kappa shape index (κ2) is 43.2. The number of pyridine rings is 2. The standard InChI is InChI=1S/C27H27Cl2N3O2.C26H24Cl2F3N3O3.C26H26Cl2F3N3O2.C24H22Cl2N2O2/c1-16(33)12-18-8-10-32(11-9-18)27(34)21-5-6-24(28)23(26(21)29)14-20-13-22-17(2)19(15-30)4-7-25(22)31(20)3;1-13-12-34(23-15(3)32-20(11-18(13)23)26(29,30)31)25(37)21-19(27)5-4-17(22(21)28)24(36)33-8-6-16(7-9-33)10-14(2)35;1-14-10-21(26(29,30)31)32-23-15(2)12-34(24(14)23)13-19-20(27)5-4-18(22(19)28)25(36)33-8-6-17(7-9-33)11-16(3)35;1-4-16-5-8-22-19(15(16)2)13-17(27(22)3)14-20-21(25)7-6-18(23(20)26)24(29)28-9-11-30-12-10-28/h4-7,13,18,33H,1,8-12,14H2,2-3H3;4-5,11-12,16H,6-10H2,1-3H3;4-5,10,12,17H,6-9,11,13H2,1-3H3;1,5-8,13H,9-12,14H2,2-3H3. The van der Waals surface area contributed by atoms with Crippen molar-refractivity contribution in [1.29, 1.82) is 5.26 Å². The molecule has 718 valence electrons. The summed E-state index contributed by atoms with van der Waals surface area (Å²) in [5.74, 6) is 2.59. The lowest BCUT2D eigenvalue weighted by molar-refractivity contribution is -0.141. The Bertz CT molecular complexity index is 6910. The summed E-state index contributed by atoms with van der Waals surface area (Å²) >= 11 is 52.6. The number of alkyl halides is 6. The molecule has 6 aromatic heterocycles. The van der Waals surface area contributed by atoms with Crippen LogP contribution in [0.25, 0.3) is 43.7 Å². The van der Waals surface area contributed by atoms with Gasteiger partial charge in [-0.15, -0.1) is 6.42 Å². The number of allylic oxidation sites excluding steroid dienone is 1. The van der Waals surface area contributed by atoms with Crippen LogP contribution in [0.2, 0.25) is 40.2 Å². The number of nitrogens with zero attached hydrogens (tertiary/aromatic N) is 11. The SMILES string of the molecule is C#Cc1ccc2c(cc(Cc3c(Cl)ccc(C(=O)N4CCOCC4)c3Cl)n2C)c1C.C=C(O)CC1CCN(C(=O)c2ccc(Cl)c(Cc3cc4c(C)c(C#N)ccc4n3C)c2Cl)CC1.CC(=O)CC1CCN(C(=O)c2ccc(Cl)c(C(=O)n3cc(C)c4cc(C(F)(F)F)nc(C)c43)c2Cl)CC1.CC(=O)CC1CCN(C(=O)c2ccc(Cl)c(Cn3cc(C)c4nc(C(F)(F)F)cc(C)c43)c2Cl)CC1. The van der Waals surface area contributed by atoms with Crippen molar-refractivity contribution in [3.8, 4) is 18.4 Å². The fraction of sp³-hybridized carbons (Fsp3) is 0.359. The molecule has 4 aliphatic rings. The number of benzene rings is 6. The van der Waals surface area contributed by atoms with Crippen LogP contribution < -0.4 is 0 Å². The summed E-state index contributed by atoms with van der Waals surface area (Å²) in [5.41, 5.74) is 11.4. The number of ether oxygens (including phenoxy) is 1. The molecule has 34 heteroatoms. The van der Waals surface area contributed by atoms with Crippen molar-refractivity contribution in [2.24, 2.45) is 31.8 Å². The number of carbonyl (C=O) groups is 7. The molecule has 0 aliphatic carbocycles. The van der Waals surface area contributed by atoms with Crippen LogP contribution in [0.1, 0.15) is 208 Å². The van der Waals surface area contributed by atoms with E-state index in [-0.39, 0.29) is 108 Å². The largest absolute Gasteiger partial charge is 0.513 e. The average Bonchev–Trinajstić information content (AvgIpc) is 1.62. The number of hydrogen-bond acceptors (Lipinski definition) is 12. The zero-order valence-electron chi connectivity index (χ0n) is 76.9. The first-order valence-electron chi connectivity index (χ1n) is 44.5. The van der Waals surface area contributed by atoms with E-state index in [0.717, 1.165) is 93.3 Å². The Morgan fingerprint density at radius 1 is 0.482 bits per heavy atom. The van der Waals surface area contributed by atoms with Crippen LogP contribution in [0.15, 0.2) is 122 Å². The maximum Gasteiger partial charge on any atom is 0.433 e. The molecule has 0 atom stereocenters. The minimum Gasteiger partial charge on any atom is -0.513 e. The van der Waals surface area contributed by atoms with Crippen molar-refractivity contribution in [3.63, 3.8) is 0 Å². The first-order valence-corrected chi connectivity index (χ1v) is 47.5. The highest BCUT2D eigenvalue weighted by Crippen LogP contribution is 2.43. The van der Waals surface area contributed by atoms with Crippen LogP contribution >= 0.6 is 92.8 Å². The number of fused-ring (bicyclic) bond motifs is 4. The van der Waals surface area contributed by atoms with Gasteiger partial charge >= 0.3 is 12.4 Å². The molecule has 1 N–H and O–H groups in total. The minimum absolute atomic E-state index is 0.00347. The molecule has 12 aromatic rings. The number of hydrogen-bond donors (Lipinski definition) is 1. The number of Topliss-reactive ketones (excluding diaryl/α,β-unsaturated/α-hetero) is 2. The summed E-state index contributed by atoms with van der Waals surface area (Å²) < 4.78 is 92.2. The molecular weight excluding hydrogens is 1930 g/mol. The summed E-state index contributed by atoms with van der Waals surface area (Å²) in [6.07, 6.45) is 6.63. The van der Waals surface area contributed by atoms with Crippen LogP contribution in [-0.4, -0.2) is 160 Å². The molecule has 0 saturated carbocycles. The predicted molar refractivity (Wildman–Crippen MR) is 526 cm³/mol. The second-order valence-electron chi connectivity index (χ2n) is 35.4. The molecule has 4 amide bonds. The lowest BCUT2D eigenvalue weighted by Gasteiger charge is -2.32. The van der Waals surface area contributed by atoms with Crippen molar-refractivity contribution in [2.75, 3.05) is 65.6 Å². The number of halogens is 14. The van der Waals surface area contributed by atoms with E-state index in [0.29, 0.717) is 197 Å². The monoisotopic (exact) mass is 2030 g/mol. The van der Waals surface area contributed by atoms with Gasteiger partial charge in [-0.3, -0.25) is 28.5 Å². The van der Waals surface area contributed by atoms with Crippen molar-refractivity contribution in [2.45, 2.75) is 145 Å². The van der Waals surface area contributed by atoms with Crippen molar-refractivity contribution in [1.82, 2.24) is 47.8 Å². The molecule has 0 spiro atoms. The second-order valence-corrected chi connectivity index (χ2v) is 38.6. The van der Waals surface area contributed by atoms with Gasteiger partial charge in [-0.05, 0) is 248 Å². The third-order valence-electron chi connectivity index (χ3n) is 26.1. The molecule has 6 aromatic carbocycles. The number of aromatic nitrogens is 6. The van der Waals surface area contributed by atoms with Gasteiger partial charge in [0.15, 0.2) is 0 Å². The van der Waals surface area contributed by atoms with E-state index in [1.165, 1.54) is 29.8 Å². The van der Waals surface area contributed by atoms with Crippen molar-refractivity contribution >= 4 is 178 Å². The van der Waals surface area contributed by atoms with Gasteiger partial charge in [-0.1, -0.05) is 105 Å². The number of rotatable bonds is 17. The van der Waals surface area contributed by atoms with E-state index in [1.54, 1.807) is 96.5 Å². The maximum atomic E-state index is 13.6. The van der Waals surface area contributed by atoms with E-state index in [4.69, 9.17) is 104 Å². The summed E-state index contributed by atoms with van der Waals surface area (Å²) in [5, 5.41) is 23.5. The number of aliphatic hydroxyl groups excluding tert-OH is 1. The normalized spacial score (nSPS) is 14.6. The van der Waals surface area contributed by atoms with Gasteiger partial charge in [-0.25, -0.2) is 9.97 Å². The van der Waals surface area contributed by atoms with Crippen LogP contribution in [-0.2, 0) is 60.2 Å². The Labute approximate surface area is 829 Å². The lowest BCUT2D eigenvalue weighted by Crippen LogP contribution is -2.40. The number of aliphatic hydroxyl groups is 1.